The van der Waals surface area contributed by atoms with Crippen LogP contribution < -0.4 is 5.32 Å². The van der Waals surface area contributed by atoms with Crippen LogP contribution in [-0.4, -0.2) is 35.2 Å². The molecule has 1 heterocycles. The zero-order chi connectivity index (χ0) is 21.1. The fourth-order valence-electron chi connectivity index (χ4n) is 5.21. The van der Waals surface area contributed by atoms with Gasteiger partial charge in [-0.15, -0.1) is 0 Å². The molecule has 5 heteroatoms. The van der Waals surface area contributed by atoms with Crippen molar-refractivity contribution < 1.29 is 19.4 Å². The molecule has 1 aliphatic heterocycles. The number of aliphatic hydroxyl groups is 1. The number of esters is 1. The molecule has 6 unspecified atom stereocenters. The summed E-state index contributed by atoms with van der Waals surface area (Å²) in [4.78, 5) is 24.3. The minimum absolute atomic E-state index is 0.0282. The van der Waals surface area contributed by atoms with Gasteiger partial charge in [0.15, 0.2) is 0 Å². The highest BCUT2D eigenvalue weighted by Crippen LogP contribution is 2.45. The van der Waals surface area contributed by atoms with E-state index in [9.17, 15) is 14.7 Å². The minimum Gasteiger partial charge on any atom is -0.461 e. The monoisotopic (exact) mass is 403 g/mol. The summed E-state index contributed by atoms with van der Waals surface area (Å²) in [6.07, 6.45) is 10.5. The van der Waals surface area contributed by atoms with Gasteiger partial charge in [-0.1, -0.05) is 45.9 Å². The molecule has 0 bridgehead atoms. The Balaban J connectivity index is 1.74. The number of carbonyl (C=O) groups excluding carboxylic acids is 2. The smallest absolute Gasteiger partial charge is 0.308 e. The second kappa shape index (κ2) is 9.46. The molecule has 0 aromatic heterocycles. The van der Waals surface area contributed by atoms with Crippen molar-refractivity contribution in [2.75, 3.05) is 0 Å². The summed E-state index contributed by atoms with van der Waals surface area (Å²) in [6.45, 7) is 8.37. The number of nitrogens with one attached hydrogen (secondary N) is 1. The first-order valence-electron chi connectivity index (χ1n) is 11.4. The molecule has 0 spiro atoms. The van der Waals surface area contributed by atoms with E-state index < -0.39 is 6.10 Å². The van der Waals surface area contributed by atoms with Crippen LogP contribution in [-0.2, 0) is 14.3 Å². The quantitative estimate of drug-likeness (QED) is 0.662. The third kappa shape index (κ3) is 5.30. The Labute approximate surface area is 175 Å². The van der Waals surface area contributed by atoms with Crippen molar-refractivity contribution >= 4 is 11.9 Å². The number of allylic oxidation sites excluding steroid dienone is 3. The van der Waals surface area contributed by atoms with Gasteiger partial charge in [-0.05, 0) is 55.4 Å². The van der Waals surface area contributed by atoms with Crippen molar-refractivity contribution in [3.8, 4) is 0 Å². The van der Waals surface area contributed by atoms with Gasteiger partial charge in [0.05, 0.1) is 18.4 Å². The predicted octanol–water partition coefficient (Wildman–Crippen LogP) is 3.77. The number of hydrogen-bond donors (Lipinski definition) is 2. The molecule has 0 saturated carbocycles. The lowest BCUT2D eigenvalue weighted by Crippen LogP contribution is -2.45. The van der Waals surface area contributed by atoms with Crippen LogP contribution in [0.5, 0.6) is 0 Å². The van der Waals surface area contributed by atoms with Gasteiger partial charge in [0.2, 0.25) is 5.91 Å². The highest BCUT2D eigenvalue weighted by Gasteiger charge is 2.42. The van der Waals surface area contributed by atoms with E-state index in [2.05, 4.69) is 37.4 Å². The van der Waals surface area contributed by atoms with Crippen LogP contribution in [0.15, 0.2) is 23.8 Å². The van der Waals surface area contributed by atoms with E-state index in [1.54, 1.807) is 0 Å². The molecule has 1 amide bonds. The van der Waals surface area contributed by atoms with Crippen LogP contribution in [0.4, 0.5) is 0 Å². The molecule has 2 N–H and O–H groups in total. The molecule has 5 nitrogen and oxygen atoms in total. The van der Waals surface area contributed by atoms with E-state index in [4.69, 9.17) is 4.74 Å². The number of aliphatic hydroxyl groups excluding tert-OH is 1. The fourth-order valence-corrected chi connectivity index (χ4v) is 5.21. The lowest BCUT2D eigenvalue weighted by atomic mass is 9.65. The van der Waals surface area contributed by atoms with Crippen LogP contribution in [0.3, 0.4) is 0 Å². The van der Waals surface area contributed by atoms with E-state index in [0.29, 0.717) is 24.2 Å². The van der Waals surface area contributed by atoms with Gasteiger partial charge in [-0.25, -0.2) is 0 Å². The van der Waals surface area contributed by atoms with Crippen LogP contribution in [0.25, 0.3) is 0 Å². The lowest BCUT2D eigenvalue weighted by molar-refractivity contribution is -0.158. The molecule has 162 valence electrons. The summed E-state index contributed by atoms with van der Waals surface area (Å²) < 4.78 is 6.07. The van der Waals surface area contributed by atoms with Gasteiger partial charge < -0.3 is 15.2 Å². The molecule has 0 aromatic rings. The largest absolute Gasteiger partial charge is 0.461 e. The molecule has 0 radical (unpaired) electrons. The average Bonchev–Trinajstić information content (AvgIpc) is 2.65. The number of ether oxygens (including phenoxy) is 1. The number of hydrogen-bond acceptors (Lipinski definition) is 4. The number of rotatable bonds is 6. The molecule has 1 fully saturated rings. The molecular formula is C24H37NO4. The maximum atomic E-state index is 12.6. The Morgan fingerprint density at radius 3 is 2.76 bits per heavy atom. The van der Waals surface area contributed by atoms with Crippen molar-refractivity contribution in [3.63, 3.8) is 0 Å². The number of amides is 1. The van der Waals surface area contributed by atoms with Gasteiger partial charge in [-0.2, -0.15) is 0 Å². The first-order chi connectivity index (χ1) is 13.8. The van der Waals surface area contributed by atoms with Gasteiger partial charge in [0, 0.05) is 12.0 Å². The molecule has 3 aliphatic rings. The average molecular weight is 404 g/mol. The summed E-state index contributed by atoms with van der Waals surface area (Å²) in [6, 6.07) is 0.0282. The maximum absolute atomic E-state index is 12.6. The molecule has 0 aromatic carbocycles. The van der Waals surface area contributed by atoms with Crippen LogP contribution in [0, 0.1) is 29.6 Å². The first kappa shape index (κ1) is 22.1. The highest BCUT2D eigenvalue weighted by molar-refractivity contribution is 5.77. The lowest BCUT2D eigenvalue weighted by Gasteiger charge is -2.43. The second-order valence-electron chi connectivity index (χ2n) is 9.51. The topological polar surface area (TPSA) is 75.6 Å². The molecular weight excluding hydrogens is 366 g/mol. The van der Waals surface area contributed by atoms with Gasteiger partial charge in [0.1, 0.15) is 6.10 Å². The van der Waals surface area contributed by atoms with Crippen LogP contribution >= 0.6 is 0 Å². The van der Waals surface area contributed by atoms with Gasteiger partial charge in [-0.3, -0.25) is 9.59 Å². The minimum atomic E-state index is -0.535. The Morgan fingerprint density at radius 2 is 2.07 bits per heavy atom. The van der Waals surface area contributed by atoms with E-state index >= 15 is 0 Å². The van der Waals surface area contributed by atoms with Crippen molar-refractivity contribution in [1.82, 2.24) is 5.32 Å². The highest BCUT2D eigenvalue weighted by atomic mass is 16.5. The first-order valence-corrected chi connectivity index (χ1v) is 11.4. The van der Waals surface area contributed by atoms with Gasteiger partial charge in [0.25, 0.3) is 0 Å². The summed E-state index contributed by atoms with van der Waals surface area (Å²) in [5.74, 6) is 1.14. The Hall–Kier alpha value is -1.62. The Morgan fingerprint density at radius 1 is 1.31 bits per heavy atom. The predicted molar refractivity (Wildman–Crippen MR) is 113 cm³/mol. The summed E-state index contributed by atoms with van der Waals surface area (Å²) in [5, 5.41) is 13.0. The van der Waals surface area contributed by atoms with E-state index in [1.165, 1.54) is 5.57 Å². The Kier molecular flexibility index (Phi) is 7.20. The molecule has 8 atom stereocenters. The Bertz CT molecular complexity index is 670. The van der Waals surface area contributed by atoms with Crippen LogP contribution in [0.1, 0.15) is 66.2 Å². The number of fused-ring (bicyclic) bond motifs is 1. The van der Waals surface area contributed by atoms with Crippen LogP contribution in [0.2, 0.25) is 0 Å². The maximum Gasteiger partial charge on any atom is 0.308 e. The molecule has 2 aliphatic carbocycles. The zero-order valence-electron chi connectivity index (χ0n) is 18.3. The number of piperidine rings is 1. The third-order valence-electron chi connectivity index (χ3n) is 7.07. The van der Waals surface area contributed by atoms with E-state index in [0.717, 1.165) is 25.7 Å². The van der Waals surface area contributed by atoms with E-state index in [1.807, 2.05) is 13.8 Å². The third-order valence-corrected chi connectivity index (χ3v) is 7.07. The van der Waals surface area contributed by atoms with Gasteiger partial charge >= 0.3 is 5.97 Å². The molecule has 3 rings (SSSR count). The summed E-state index contributed by atoms with van der Waals surface area (Å²) >= 11 is 0. The normalized spacial score (nSPS) is 37.9. The van der Waals surface area contributed by atoms with Crippen molar-refractivity contribution in [3.05, 3.63) is 23.8 Å². The van der Waals surface area contributed by atoms with E-state index in [-0.39, 0.29) is 42.3 Å². The molecule has 29 heavy (non-hydrogen) atoms. The standard InChI is InChI=1S/C24H37NO4/c1-5-15(3)24(28)29-21-11-14(2)10-17-7-6-16(4)20(23(17)21)9-8-18-12-19(26)13-22(27)25-18/h6-7,10,14-16,18-21,23,26H,5,8-9,11-13H2,1-4H3,(H,25,27)/t14-,15?,16?,18?,19?,20?,21-,23?/m0/s1. The SMILES string of the molecule is CCC(C)C(=O)O[C@H]1C[C@@H](C)C=C2C=CC(C)C(CCC3CC(O)CC(=O)N3)C21. The second-order valence-corrected chi connectivity index (χ2v) is 9.51. The zero-order valence-corrected chi connectivity index (χ0v) is 18.3. The summed E-state index contributed by atoms with van der Waals surface area (Å²) in [7, 11) is 0. The number of carbonyl (C=O) groups is 2. The van der Waals surface area contributed by atoms with Crippen molar-refractivity contribution in [1.29, 1.82) is 0 Å². The van der Waals surface area contributed by atoms with Crippen molar-refractivity contribution in [2.24, 2.45) is 29.6 Å². The fraction of sp³-hybridized carbons (Fsp3) is 0.750. The van der Waals surface area contributed by atoms with Crippen molar-refractivity contribution in [2.45, 2.75) is 84.5 Å². The molecule has 1 saturated heterocycles. The summed E-state index contributed by atoms with van der Waals surface area (Å²) in [5.41, 5.74) is 1.29.